The Morgan fingerprint density at radius 3 is 2.39 bits per heavy atom. The van der Waals surface area contributed by atoms with E-state index in [-0.39, 0.29) is 12.3 Å². The van der Waals surface area contributed by atoms with Crippen LogP contribution in [0, 0.1) is 11.6 Å². The zero-order valence-corrected chi connectivity index (χ0v) is 16.2. The third-order valence-electron chi connectivity index (χ3n) is 4.26. The van der Waals surface area contributed by atoms with Crippen molar-refractivity contribution in [2.45, 2.75) is 0 Å². The van der Waals surface area contributed by atoms with Crippen molar-refractivity contribution in [1.82, 2.24) is 14.5 Å². The van der Waals surface area contributed by atoms with E-state index in [2.05, 4.69) is 15.1 Å². The van der Waals surface area contributed by atoms with E-state index in [1.165, 1.54) is 13.1 Å². The minimum Gasteiger partial charge on any atom is -0.383 e. The summed E-state index contributed by atoms with van der Waals surface area (Å²) >= 11 is 0. The number of hydrogen-bond donors (Lipinski definition) is 2. The van der Waals surface area contributed by atoms with Crippen molar-refractivity contribution in [3.05, 3.63) is 60.3 Å². The highest BCUT2D eigenvalue weighted by Crippen LogP contribution is 2.32. The van der Waals surface area contributed by atoms with Gasteiger partial charge in [-0.1, -0.05) is 12.1 Å². The predicted octanol–water partition coefficient (Wildman–Crippen LogP) is 2.99. The standard InChI is InChI=1S/C19H20F2N4O2S/c1-22-28(26,27)10-8-23-18-6-4-13(14-3-5-16(20)17(21)12-14)11-15(18)19-7-9-25(2)24-19/h3-7,9,11-12,22-23H,8,10H2,1-2H3. The molecule has 1 aromatic heterocycles. The van der Waals surface area contributed by atoms with E-state index in [9.17, 15) is 17.2 Å². The normalized spacial score (nSPS) is 11.6. The number of nitrogens with zero attached hydrogens (tertiary/aromatic N) is 2. The minimum atomic E-state index is -3.33. The number of halogens is 2. The highest BCUT2D eigenvalue weighted by Gasteiger charge is 2.13. The fourth-order valence-electron chi connectivity index (χ4n) is 2.75. The van der Waals surface area contributed by atoms with Crippen molar-refractivity contribution < 1.29 is 17.2 Å². The first kappa shape index (κ1) is 20.0. The highest BCUT2D eigenvalue weighted by molar-refractivity contribution is 7.89. The quantitative estimate of drug-likeness (QED) is 0.633. The van der Waals surface area contributed by atoms with Crippen molar-refractivity contribution in [2.75, 3.05) is 24.7 Å². The first-order valence-corrected chi connectivity index (χ1v) is 10.2. The van der Waals surface area contributed by atoms with Gasteiger partial charge in [0.05, 0.1) is 11.4 Å². The summed E-state index contributed by atoms with van der Waals surface area (Å²) in [5.41, 5.74) is 3.31. The van der Waals surface area contributed by atoms with Gasteiger partial charge in [0.25, 0.3) is 0 Å². The lowest BCUT2D eigenvalue weighted by Crippen LogP contribution is -2.26. The van der Waals surface area contributed by atoms with Gasteiger partial charge >= 0.3 is 0 Å². The van der Waals surface area contributed by atoms with Gasteiger partial charge in [-0.3, -0.25) is 4.68 Å². The fraction of sp³-hybridized carbons (Fsp3) is 0.211. The van der Waals surface area contributed by atoms with Gasteiger partial charge in [0.1, 0.15) is 0 Å². The van der Waals surface area contributed by atoms with E-state index in [0.717, 1.165) is 17.7 Å². The maximum absolute atomic E-state index is 13.6. The molecule has 3 aromatic rings. The zero-order chi connectivity index (χ0) is 20.3. The van der Waals surface area contributed by atoms with Crippen LogP contribution in [0.5, 0.6) is 0 Å². The van der Waals surface area contributed by atoms with Crippen LogP contribution in [-0.2, 0) is 17.1 Å². The zero-order valence-electron chi connectivity index (χ0n) is 15.4. The Bertz CT molecular complexity index is 1100. The van der Waals surface area contributed by atoms with Crippen LogP contribution < -0.4 is 10.0 Å². The van der Waals surface area contributed by atoms with Crippen molar-refractivity contribution in [3.63, 3.8) is 0 Å². The van der Waals surface area contributed by atoms with Gasteiger partial charge in [-0.05, 0) is 48.5 Å². The molecule has 0 saturated heterocycles. The van der Waals surface area contributed by atoms with Crippen LogP contribution in [0.4, 0.5) is 14.5 Å². The summed E-state index contributed by atoms with van der Waals surface area (Å²) in [5.74, 6) is -1.91. The van der Waals surface area contributed by atoms with Crippen LogP contribution in [0.15, 0.2) is 48.7 Å². The lowest BCUT2D eigenvalue weighted by molar-refractivity contribution is 0.509. The molecule has 3 rings (SSSR count). The monoisotopic (exact) mass is 406 g/mol. The smallest absolute Gasteiger partial charge is 0.213 e. The van der Waals surface area contributed by atoms with Gasteiger partial charge < -0.3 is 5.32 Å². The number of anilines is 1. The average Bonchev–Trinajstić information content (AvgIpc) is 3.10. The second-order valence-corrected chi connectivity index (χ2v) is 8.26. The minimum absolute atomic E-state index is 0.0872. The molecule has 0 fully saturated rings. The first-order valence-electron chi connectivity index (χ1n) is 8.53. The molecular weight excluding hydrogens is 386 g/mol. The van der Waals surface area contributed by atoms with Gasteiger partial charge in [-0.15, -0.1) is 0 Å². The Morgan fingerprint density at radius 2 is 1.75 bits per heavy atom. The molecule has 0 saturated carbocycles. The fourth-order valence-corrected chi connectivity index (χ4v) is 3.32. The summed E-state index contributed by atoms with van der Waals surface area (Å²) in [7, 11) is -0.179. The molecule has 2 aromatic carbocycles. The van der Waals surface area contributed by atoms with Crippen molar-refractivity contribution in [1.29, 1.82) is 0 Å². The van der Waals surface area contributed by atoms with Crippen molar-refractivity contribution >= 4 is 15.7 Å². The predicted molar refractivity (Wildman–Crippen MR) is 105 cm³/mol. The van der Waals surface area contributed by atoms with Crippen LogP contribution in [0.1, 0.15) is 0 Å². The topological polar surface area (TPSA) is 76.0 Å². The SMILES string of the molecule is CNS(=O)(=O)CCNc1ccc(-c2ccc(F)c(F)c2)cc1-c1ccn(C)n1. The van der Waals surface area contributed by atoms with E-state index in [4.69, 9.17) is 0 Å². The first-order chi connectivity index (χ1) is 13.3. The number of rotatable bonds is 7. The summed E-state index contributed by atoms with van der Waals surface area (Å²) in [6.45, 7) is 0.202. The van der Waals surface area contributed by atoms with Crippen molar-refractivity contribution in [3.8, 4) is 22.4 Å². The second-order valence-electron chi connectivity index (χ2n) is 6.21. The largest absolute Gasteiger partial charge is 0.383 e. The molecule has 0 amide bonds. The van der Waals surface area contributed by atoms with Crippen LogP contribution in [0.25, 0.3) is 22.4 Å². The van der Waals surface area contributed by atoms with E-state index >= 15 is 0 Å². The van der Waals surface area contributed by atoms with Crippen LogP contribution in [0.2, 0.25) is 0 Å². The molecule has 2 N–H and O–H groups in total. The second kappa shape index (κ2) is 8.07. The summed E-state index contributed by atoms with van der Waals surface area (Å²) in [5, 5.41) is 7.50. The van der Waals surface area contributed by atoms with E-state index in [0.29, 0.717) is 22.5 Å². The summed E-state index contributed by atoms with van der Waals surface area (Å²) in [4.78, 5) is 0. The van der Waals surface area contributed by atoms with Gasteiger partial charge in [0.2, 0.25) is 10.0 Å². The van der Waals surface area contributed by atoms with Gasteiger partial charge in [0, 0.05) is 31.0 Å². The number of nitrogens with one attached hydrogen (secondary N) is 2. The van der Waals surface area contributed by atoms with Gasteiger partial charge in [-0.25, -0.2) is 21.9 Å². The van der Waals surface area contributed by atoms with Crippen molar-refractivity contribution in [2.24, 2.45) is 7.05 Å². The summed E-state index contributed by atoms with van der Waals surface area (Å²) < 4.78 is 54.0. The third kappa shape index (κ3) is 4.55. The maximum atomic E-state index is 13.6. The molecule has 0 aliphatic rings. The Hall–Kier alpha value is -2.78. The van der Waals surface area contributed by atoms with Gasteiger partial charge in [-0.2, -0.15) is 5.10 Å². The molecule has 1 heterocycles. The molecule has 0 unspecified atom stereocenters. The summed E-state index contributed by atoms with van der Waals surface area (Å²) in [6.07, 6.45) is 1.79. The molecule has 28 heavy (non-hydrogen) atoms. The van der Waals surface area contributed by atoms with Crippen LogP contribution in [-0.4, -0.2) is 37.5 Å². The molecule has 0 radical (unpaired) electrons. The Kier molecular flexibility index (Phi) is 5.76. The molecule has 6 nitrogen and oxygen atoms in total. The summed E-state index contributed by atoms with van der Waals surface area (Å²) in [6, 6.07) is 10.9. The molecule has 0 atom stereocenters. The molecule has 148 valence electrons. The van der Waals surface area contributed by atoms with Crippen LogP contribution in [0.3, 0.4) is 0 Å². The number of hydrogen-bond acceptors (Lipinski definition) is 4. The van der Waals surface area contributed by atoms with E-state index < -0.39 is 21.7 Å². The molecular formula is C19H20F2N4O2S. The lowest BCUT2D eigenvalue weighted by Gasteiger charge is -2.13. The third-order valence-corrected chi connectivity index (χ3v) is 5.62. The number of benzene rings is 2. The molecule has 9 heteroatoms. The lowest BCUT2D eigenvalue weighted by atomic mass is 10.00. The Labute approximate surface area is 162 Å². The Balaban J connectivity index is 1.96. The molecule has 0 aliphatic carbocycles. The number of sulfonamides is 1. The van der Waals surface area contributed by atoms with E-state index in [1.807, 2.05) is 12.1 Å². The Morgan fingerprint density at radius 1 is 1.04 bits per heavy atom. The molecule has 0 bridgehead atoms. The van der Waals surface area contributed by atoms with Crippen LogP contribution >= 0.6 is 0 Å². The van der Waals surface area contributed by atoms with E-state index in [1.54, 1.807) is 30.1 Å². The maximum Gasteiger partial charge on any atom is 0.213 e. The average molecular weight is 406 g/mol. The number of aromatic nitrogens is 2. The molecule has 0 aliphatic heterocycles. The number of aryl methyl sites for hydroxylation is 1. The highest BCUT2D eigenvalue weighted by atomic mass is 32.2. The van der Waals surface area contributed by atoms with Gasteiger partial charge in [0.15, 0.2) is 11.6 Å². The molecule has 0 spiro atoms.